The second-order valence-electron chi connectivity index (χ2n) is 7.02. The van der Waals surface area contributed by atoms with Crippen molar-refractivity contribution in [2.45, 2.75) is 30.8 Å². The van der Waals surface area contributed by atoms with E-state index >= 15 is 0 Å². The van der Waals surface area contributed by atoms with Gasteiger partial charge in [0.05, 0.1) is 29.4 Å². The van der Waals surface area contributed by atoms with Gasteiger partial charge in [0.25, 0.3) is 0 Å². The van der Waals surface area contributed by atoms with E-state index in [1.54, 1.807) is 0 Å². The summed E-state index contributed by atoms with van der Waals surface area (Å²) >= 11 is 5.81. The van der Waals surface area contributed by atoms with E-state index in [2.05, 4.69) is 22.1 Å². The number of rotatable bonds is 4. The molecule has 0 radical (unpaired) electrons. The Labute approximate surface area is 163 Å². The highest BCUT2D eigenvalue weighted by Crippen LogP contribution is 2.37. The zero-order valence-electron chi connectivity index (χ0n) is 15.0. The zero-order valence-corrected chi connectivity index (χ0v) is 15.8. The van der Waals surface area contributed by atoms with Gasteiger partial charge in [-0.2, -0.15) is 0 Å². The molecule has 1 aromatic carbocycles. The van der Waals surface area contributed by atoms with E-state index < -0.39 is 5.41 Å². The van der Waals surface area contributed by atoms with Gasteiger partial charge in [0, 0.05) is 26.2 Å². The Morgan fingerprint density at radius 1 is 1.19 bits per heavy atom. The van der Waals surface area contributed by atoms with Crippen molar-refractivity contribution < 1.29 is 14.3 Å². The van der Waals surface area contributed by atoms with Crippen LogP contribution in [0.1, 0.15) is 24.8 Å². The number of nitrogens with zero attached hydrogens (tertiary/aromatic N) is 3. The average Bonchev–Trinajstić information content (AvgIpc) is 3.19. The quantitative estimate of drug-likeness (QED) is 0.807. The highest BCUT2D eigenvalue weighted by atomic mass is 35.5. The molecule has 1 atom stereocenters. The van der Waals surface area contributed by atoms with Crippen LogP contribution in [-0.4, -0.2) is 53.2 Å². The van der Waals surface area contributed by atoms with Crippen molar-refractivity contribution in [3.05, 3.63) is 53.3 Å². The van der Waals surface area contributed by atoms with Crippen molar-refractivity contribution in [3.63, 3.8) is 0 Å². The summed E-state index contributed by atoms with van der Waals surface area (Å²) in [6.45, 7) is 2.42. The van der Waals surface area contributed by atoms with Crippen molar-refractivity contribution in [1.29, 1.82) is 0 Å². The van der Waals surface area contributed by atoms with Crippen LogP contribution in [0.25, 0.3) is 0 Å². The fourth-order valence-corrected chi connectivity index (χ4v) is 4.02. The van der Waals surface area contributed by atoms with Gasteiger partial charge in [-0.05, 0) is 18.4 Å². The van der Waals surface area contributed by atoms with E-state index in [1.165, 1.54) is 12.4 Å². The smallest absolute Gasteiger partial charge is 0.316 e. The maximum absolute atomic E-state index is 13.5. The number of hydrogen-bond acceptors (Lipinski definition) is 5. The van der Waals surface area contributed by atoms with Crippen LogP contribution in [0.2, 0.25) is 5.02 Å². The summed E-state index contributed by atoms with van der Waals surface area (Å²) in [5.74, 6) is 0.167. The number of halogens is 1. The van der Waals surface area contributed by atoms with Crippen LogP contribution in [-0.2, 0) is 14.9 Å². The Morgan fingerprint density at radius 3 is 2.59 bits per heavy atom. The fourth-order valence-electron chi connectivity index (χ4n) is 3.92. The molecule has 2 saturated heterocycles. The van der Waals surface area contributed by atoms with Crippen molar-refractivity contribution in [2.75, 3.05) is 26.3 Å². The molecular formula is C20H22ClN3O3. The molecule has 7 heteroatoms. The molecular weight excluding hydrogens is 366 g/mol. The molecule has 6 nitrogen and oxygen atoms in total. The van der Waals surface area contributed by atoms with Crippen LogP contribution in [0.4, 0.5) is 0 Å². The maximum Gasteiger partial charge on any atom is 0.316 e. The summed E-state index contributed by atoms with van der Waals surface area (Å²) in [7, 11) is 0. The van der Waals surface area contributed by atoms with Gasteiger partial charge < -0.3 is 14.4 Å². The third-order valence-electron chi connectivity index (χ3n) is 5.38. The van der Waals surface area contributed by atoms with Crippen LogP contribution in [0.3, 0.4) is 0 Å². The van der Waals surface area contributed by atoms with Crippen molar-refractivity contribution >= 4 is 17.5 Å². The lowest BCUT2D eigenvalue weighted by atomic mass is 9.73. The van der Waals surface area contributed by atoms with E-state index in [0.717, 1.165) is 12.0 Å². The van der Waals surface area contributed by atoms with Gasteiger partial charge in [-0.3, -0.25) is 4.79 Å². The first-order valence-electron chi connectivity index (χ1n) is 9.24. The molecule has 3 heterocycles. The molecule has 4 rings (SSSR count). The normalized spacial score (nSPS) is 21.8. The van der Waals surface area contributed by atoms with Gasteiger partial charge in [0.15, 0.2) is 0 Å². The van der Waals surface area contributed by atoms with Crippen molar-refractivity contribution in [1.82, 2.24) is 14.9 Å². The summed E-state index contributed by atoms with van der Waals surface area (Å²) in [4.78, 5) is 23.6. The molecule has 0 saturated carbocycles. The van der Waals surface area contributed by atoms with E-state index in [-0.39, 0.29) is 12.0 Å². The Bertz CT molecular complexity index is 779. The zero-order chi connectivity index (χ0) is 18.7. The number of ether oxygens (including phenoxy) is 2. The summed E-state index contributed by atoms with van der Waals surface area (Å²) in [6.07, 6.45) is 5.08. The van der Waals surface area contributed by atoms with E-state index in [9.17, 15) is 4.79 Å². The average molecular weight is 388 g/mol. The molecule has 1 amide bonds. The number of amides is 1. The number of likely N-dealkylation sites (tertiary alicyclic amines) is 1. The summed E-state index contributed by atoms with van der Waals surface area (Å²) < 4.78 is 11.4. The molecule has 2 fully saturated rings. The molecule has 1 aromatic heterocycles. The van der Waals surface area contributed by atoms with E-state index in [4.69, 9.17) is 21.1 Å². The molecule has 0 bridgehead atoms. The summed E-state index contributed by atoms with van der Waals surface area (Å²) in [6, 6.07) is 10.4. The van der Waals surface area contributed by atoms with E-state index in [1.807, 2.05) is 23.1 Å². The molecule has 142 valence electrons. The van der Waals surface area contributed by atoms with Crippen LogP contribution in [0.15, 0.2) is 42.7 Å². The second kappa shape index (κ2) is 7.82. The van der Waals surface area contributed by atoms with Gasteiger partial charge in [-0.15, -0.1) is 0 Å². The molecule has 2 aromatic rings. The lowest BCUT2D eigenvalue weighted by Gasteiger charge is -2.39. The van der Waals surface area contributed by atoms with Crippen LogP contribution in [0, 0.1) is 0 Å². The highest BCUT2D eigenvalue weighted by molar-refractivity contribution is 6.30. The Morgan fingerprint density at radius 2 is 1.89 bits per heavy atom. The van der Waals surface area contributed by atoms with E-state index in [0.29, 0.717) is 50.2 Å². The molecule has 0 N–H and O–H groups in total. The van der Waals surface area contributed by atoms with Gasteiger partial charge in [0.1, 0.15) is 6.10 Å². The van der Waals surface area contributed by atoms with Gasteiger partial charge in [0.2, 0.25) is 5.91 Å². The SMILES string of the molecule is O=C(N1CCC(Oc2ncc(Cl)cn2)C1)C1(c2ccccc2)CCOCC1. The molecule has 2 aliphatic rings. The summed E-state index contributed by atoms with van der Waals surface area (Å²) in [5.41, 5.74) is 0.564. The number of carbonyl (C=O) groups excluding carboxylic acids is 1. The van der Waals surface area contributed by atoms with Gasteiger partial charge in [-0.25, -0.2) is 9.97 Å². The lowest BCUT2D eigenvalue weighted by Crippen LogP contribution is -2.49. The standard InChI is InChI=1S/C20H22ClN3O3/c21-16-12-22-19(23-13-16)27-17-6-9-24(14-17)18(25)20(7-10-26-11-8-20)15-4-2-1-3-5-15/h1-5,12-13,17H,6-11,14H2. The predicted molar refractivity (Wildman–Crippen MR) is 101 cm³/mol. The molecule has 0 aliphatic carbocycles. The molecule has 1 unspecified atom stereocenters. The van der Waals surface area contributed by atoms with Crippen molar-refractivity contribution in [3.8, 4) is 6.01 Å². The van der Waals surface area contributed by atoms with Crippen LogP contribution in [0.5, 0.6) is 6.01 Å². The van der Waals surface area contributed by atoms with Crippen LogP contribution < -0.4 is 4.74 Å². The summed E-state index contributed by atoms with van der Waals surface area (Å²) in [5, 5.41) is 0.467. The largest absolute Gasteiger partial charge is 0.458 e. The van der Waals surface area contributed by atoms with Crippen molar-refractivity contribution in [2.24, 2.45) is 0 Å². The minimum Gasteiger partial charge on any atom is -0.458 e. The first-order valence-corrected chi connectivity index (χ1v) is 9.62. The highest BCUT2D eigenvalue weighted by Gasteiger charge is 2.45. The third kappa shape index (κ3) is 3.77. The number of aromatic nitrogens is 2. The Hall–Kier alpha value is -2.18. The number of hydrogen-bond donors (Lipinski definition) is 0. The maximum atomic E-state index is 13.5. The monoisotopic (exact) mass is 387 g/mol. The van der Waals surface area contributed by atoms with Gasteiger partial charge >= 0.3 is 6.01 Å². The first kappa shape index (κ1) is 18.2. The minimum atomic E-state index is -0.509. The Kier molecular flexibility index (Phi) is 5.27. The topological polar surface area (TPSA) is 64.6 Å². The molecule has 2 aliphatic heterocycles. The number of carbonyl (C=O) groups is 1. The first-order chi connectivity index (χ1) is 13.2. The minimum absolute atomic E-state index is 0.109. The second-order valence-corrected chi connectivity index (χ2v) is 7.46. The predicted octanol–water partition coefficient (Wildman–Crippen LogP) is 2.86. The van der Waals surface area contributed by atoms with Gasteiger partial charge in [-0.1, -0.05) is 41.9 Å². The number of benzene rings is 1. The molecule has 0 spiro atoms. The third-order valence-corrected chi connectivity index (χ3v) is 5.58. The fraction of sp³-hybridized carbons (Fsp3) is 0.450. The Balaban J connectivity index is 1.48. The molecule has 27 heavy (non-hydrogen) atoms. The van der Waals surface area contributed by atoms with Crippen LogP contribution >= 0.6 is 11.6 Å². The lowest BCUT2D eigenvalue weighted by molar-refractivity contribution is -0.140.